The van der Waals surface area contributed by atoms with E-state index in [1.165, 1.54) is 44.2 Å². The van der Waals surface area contributed by atoms with E-state index in [4.69, 9.17) is 11.6 Å². The summed E-state index contributed by atoms with van der Waals surface area (Å²) < 4.78 is 28.5. The van der Waals surface area contributed by atoms with Gasteiger partial charge in [-0.15, -0.1) is 0 Å². The van der Waals surface area contributed by atoms with Gasteiger partial charge in [-0.05, 0) is 55.3 Å². The van der Waals surface area contributed by atoms with Gasteiger partial charge in [-0.3, -0.25) is 9.52 Å². The van der Waals surface area contributed by atoms with E-state index in [0.717, 1.165) is 31.6 Å². The van der Waals surface area contributed by atoms with Gasteiger partial charge >= 0.3 is 0 Å². The van der Waals surface area contributed by atoms with Crippen LogP contribution in [0, 0.1) is 0 Å². The van der Waals surface area contributed by atoms with Crippen LogP contribution in [0.2, 0.25) is 5.02 Å². The Labute approximate surface area is 170 Å². The molecule has 2 N–H and O–H groups in total. The maximum absolute atomic E-state index is 12.9. The fraction of sp³-hybridized carbons (Fsp3) is 0.350. The number of hydrogen-bond acceptors (Lipinski definition) is 4. The largest absolute Gasteiger partial charge is 0.370 e. The minimum absolute atomic E-state index is 0.0851. The second kappa shape index (κ2) is 8.84. The quantitative estimate of drug-likeness (QED) is 0.767. The van der Waals surface area contributed by atoms with Crippen LogP contribution in [0.25, 0.3) is 0 Å². The Morgan fingerprint density at radius 3 is 2.25 bits per heavy atom. The van der Waals surface area contributed by atoms with Crippen LogP contribution < -0.4 is 14.9 Å². The van der Waals surface area contributed by atoms with Crippen molar-refractivity contribution in [3.05, 3.63) is 53.1 Å². The number of nitrogens with zero attached hydrogens (tertiary/aromatic N) is 1. The van der Waals surface area contributed by atoms with Gasteiger partial charge in [0.2, 0.25) is 0 Å². The standard InChI is InChI=1S/C20H24ClN3O3S/c1-22-20(25)15-6-9-17(10-7-15)28(26,27)23-18-14-16(21)8-11-19(18)24-12-4-2-3-5-13-24/h6-11,14,23H,2-5,12-13H2,1H3,(H,22,25). The van der Waals surface area contributed by atoms with Gasteiger partial charge in [0.15, 0.2) is 0 Å². The molecule has 3 rings (SSSR count). The van der Waals surface area contributed by atoms with Crippen molar-refractivity contribution in [3.8, 4) is 0 Å². The van der Waals surface area contributed by atoms with Crippen molar-refractivity contribution in [1.29, 1.82) is 0 Å². The zero-order chi connectivity index (χ0) is 20.1. The molecule has 28 heavy (non-hydrogen) atoms. The van der Waals surface area contributed by atoms with Crippen molar-refractivity contribution in [1.82, 2.24) is 5.32 Å². The molecule has 0 atom stereocenters. The van der Waals surface area contributed by atoms with E-state index in [0.29, 0.717) is 16.3 Å². The van der Waals surface area contributed by atoms with E-state index < -0.39 is 10.0 Å². The van der Waals surface area contributed by atoms with E-state index in [1.807, 2.05) is 6.07 Å². The van der Waals surface area contributed by atoms with Gasteiger partial charge in [0.25, 0.3) is 15.9 Å². The first kappa shape index (κ1) is 20.5. The van der Waals surface area contributed by atoms with Crippen molar-refractivity contribution in [2.24, 2.45) is 0 Å². The van der Waals surface area contributed by atoms with E-state index in [-0.39, 0.29) is 10.8 Å². The Bertz CT molecular complexity index is 938. The van der Waals surface area contributed by atoms with Crippen molar-refractivity contribution < 1.29 is 13.2 Å². The first-order valence-electron chi connectivity index (χ1n) is 9.30. The van der Waals surface area contributed by atoms with Crippen LogP contribution in [0.3, 0.4) is 0 Å². The maximum Gasteiger partial charge on any atom is 0.261 e. The number of amides is 1. The number of sulfonamides is 1. The third-order valence-electron chi connectivity index (χ3n) is 4.80. The van der Waals surface area contributed by atoms with Gasteiger partial charge in [0.05, 0.1) is 16.3 Å². The summed E-state index contributed by atoms with van der Waals surface area (Å²) in [5.74, 6) is -0.268. The predicted molar refractivity (Wildman–Crippen MR) is 113 cm³/mol. The lowest BCUT2D eigenvalue weighted by molar-refractivity contribution is 0.0963. The van der Waals surface area contributed by atoms with E-state index in [9.17, 15) is 13.2 Å². The Kier molecular flexibility index (Phi) is 6.46. The number of carbonyl (C=O) groups excluding carboxylic acids is 1. The average Bonchev–Trinajstić information content (AvgIpc) is 2.97. The van der Waals surface area contributed by atoms with E-state index in [2.05, 4.69) is 14.9 Å². The maximum atomic E-state index is 12.9. The van der Waals surface area contributed by atoms with Gasteiger partial charge in [0.1, 0.15) is 0 Å². The van der Waals surface area contributed by atoms with Crippen LogP contribution in [-0.2, 0) is 10.0 Å². The van der Waals surface area contributed by atoms with Crippen molar-refractivity contribution in [2.75, 3.05) is 29.8 Å². The number of rotatable bonds is 5. The molecule has 1 heterocycles. The molecule has 0 saturated carbocycles. The summed E-state index contributed by atoms with van der Waals surface area (Å²) >= 11 is 6.14. The summed E-state index contributed by atoms with van der Waals surface area (Å²) in [4.78, 5) is 13.9. The lowest BCUT2D eigenvalue weighted by Crippen LogP contribution is -2.25. The molecule has 8 heteroatoms. The fourth-order valence-electron chi connectivity index (χ4n) is 3.31. The predicted octanol–water partition coefficient (Wildman–Crippen LogP) is 3.88. The number of halogens is 1. The number of benzene rings is 2. The number of hydrogen-bond donors (Lipinski definition) is 2. The highest BCUT2D eigenvalue weighted by atomic mass is 35.5. The number of anilines is 2. The molecule has 1 aliphatic rings. The van der Waals surface area contributed by atoms with Crippen LogP contribution in [0.1, 0.15) is 36.0 Å². The molecule has 0 unspecified atom stereocenters. The first-order chi connectivity index (χ1) is 13.4. The molecular weight excluding hydrogens is 398 g/mol. The number of carbonyl (C=O) groups is 1. The lowest BCUT2D eigenvalue weighted by Gasteiger charge is -2.26. The summed E-state index contributed by atoms with van der Waals surface area (Å²) in [5.41, 5.74) is 1.69. The molecule has 150 valence electrons. The molecular formula is C20H24ClN3O3S. The molecule has 0 radical (unpaired) electrons. The topological polar surface area (TPSA) is 78.5 Å². The van der Waals surface area contributed by atoms with Gasteiger partial charge in [-0.2, -0.15) is 0 Å². The Morgan fingerprint density at radius 1 is 1.00 bits per heavy atom. The van der Waals surface area contributed by atoms with Crippen LogP contribution in [0.5, 0.6) is 0 Å². The lowest BCUT2D eigenvalue weighted by atomic mass is 10.2. The van der Waals surface area contributed by atoms with Gasteiger partial charge in [0, 0.05) is 30.7 Å². The van der Waals surface area contributed by atoms with Crippen LogP contribution >= 0.6 is 11.6 Å². The Morgan fingerprint density at radius 2 is 1.64 bits per heavy atom. The fourth-order valence-corrected chi connectivity index (χ4v) is 4.55. The smallest absolute Gasteiger partial charge is 0.261 e. The average molecular weight is 422 g/mol. The third-order valence-corrected chi connectivity index (χ3v) is 6.42. The molecule has 1 aliphatic heterocycles. The molecule has 1 fully saturated rings. The highest BCUT2D eigenvalue weighted by Crippen LogP contribution is 2.32. The first-order valence-corrected chi connectivity index (χ1v) is 11.2. The molecule has 0 spiro atoms. The van der Waals surface area contributed by atoms with Crippen molar-refractivity contribution in [3.63, 3.8) is 0 Å². The molecule has 1 saturated heterocycles. The molecule has 0 aliphatic carbocycles. The highest BCUT2D eigenvalue weighted by Gasteiger charge is 2.20. The SMILES string of the molecule is CNC(=O)c1ccc(S(=O)(=O)Nc2cc(Cl)ccc2N2CCCCCC2)cc1. The summed E-state index contributed by atoms with van der Waals surface area (Å²) in [6.45, 7) is 1.77. The molecule has 0 aromatic heterocycles. The summed E-state index contributed by atoms with van der Waals surface area (Å²) in [6, 6.07) is 11.1. The second-order valence-corrected chi connectivity index (χ2v) is 8.89. The summed E-state index contributed by atoms with van der Waals surface area (Å²) in [7, 11) is -2.29. The van der Waals surface area contributed by atoms with Crippen LogP contribution in [0.15, 0.2) is 47.4 Å². The summed E-state index contributed by atoms with van der Waals surface area (Å²) in [6.07, 6.45) is 4.53. The van der Waals surface area contributed by atoms with E-state index >= 15 is 0 Å². The Balaban J connectivity index is 1.89. The van der Waals surface area contributed by atoms with Crippen molar-refractivity contribution >= 4 is 38.9 Å². The zero-order valence-corrected chi connectivity index (χ0v) is 17.3. The molecule has 2 aromatic rings. The number of nitrogens with one attached hydrogen (secondary N) is 2. The monoisotopic (exact) mass is 421 g/mol. The van der Waals surface area contributed by atoms with Crippen LogP contribution in [0.4, 0.5) is 11.4 Å². The van der Waals surface area contributed by atoms with Crippen molar-refractivity contribution in [2.45, 2.75) is 30.6 Å². The summed E-state index contributed by atoms with van der Waals surface area (Å²) in [5, 5.41) is 2.97. The third kappa shape index (κ3) is 4.77. The van der Waals surface area contributed by atoms with E-state index in [1.54, 1.807) is 12.1 Å². The van der Waals surface area contributed by atoms with Crippen LogP contribution in [-0.4, -0.2) is 34.5 Å². The minimum Gasteiger partial charge on any atom is -0.370 e. The second-order valence-electron chi connectivity index (χ2n) is 6.77. The zero-order valence-electron chi connectivity index (χ0n) is 15.7. The minimum atomic E-state index is -3.82. The van der Waals surface area contributed by atoms with Gasteiger partial charge in [-0.25, -0.2) is 8.42 Å². The Hall–Kier alpha value is -2.25. The van der Waals surface area contributed by atoms with Gasteiger partial charge in [-0.1, -0.05) is 24.4 Å². The normalized spacial score (nSPS) is 15.0. The highest BCUT2D eigenvalue weighted by molar-refractivity contribution is 7.92. The van der Waals surface area contributed by atoms with Gasteiger partial charge < -0.3 is 10.2 Å². The molecule has 6 nitrogen and oxygen atoms in total. The molecule has 1 amide bonds. The molecule has 0 bridgehead atoms. The molecule has 2 aromatic carbocycles.